The van der Waals surface area contributed by atoms with Gasteiger partial charge in [-0.15, -0.1) is 0 Å². The lowest BCUT2D eigenvalue weighted by molar-refractivity contribution is -0.122. The van der Waals surface area contributed by atoms with Crippen LogP contribution in [0, 0.1) is 0 Å². The first-order valence-corrected chi connectivity index (χ1v) is 11.6. The number of aryl methyl sites for hydroxylation is 1. The van der Waals surface area contributed by atoms with Crippen molar-refractivity contribution in [1.29, 1.82) is 0 Å². The molecule has 1 aliphatic carbocycles. The molecule has 9 nitrogen and oxygen atoms in total. The third kappa shape index (κ3) is 4.11. The summed E-state index contributed by atoms with van der Waals surface area (Å²) >= 11 is 0. The second kappa shape index (κ2) is 8.45. The minimum absolute atomic E-state index is 0.0972. The fraction of sp³-hybridized carbons (Fsp3) is 0.636. The van der Waals surface area contributed by atoms with Gasteiger partial charge in [-0.25, -0.2) is 4.98 Å². The Kier molecular flexibility index (Phi) is 5.52. The normalized spacial score (nSPS) is 22.9. The van der Waals surface area contributed by atoms with Crippen LogP contribution in [0.15, 0.2) is 6.07 Å². The van der Waals surface area contributed by atoms with Crippen molar-refractivity contribution in [3.8, 4) is 0 Å². The summed E-state index contributed by atoms with van der Waals surface area (Å²) in [6.45, 7) is 6.88. The molecule has 2 aromatic rings. The molecular weight excluding hydrogens is 392 g/mol. The summed E-state index contributed by atoms with van der Waals surface area (Å²) in [5, 5.41) is 17.4. The molecule has 0 saturated carbocycles. The SMILES string of the molecule is CC(C)c1cc(Nc2nc(N3CCC[C@@H]3C(=O)N[C@H]3CCNC3)nc3c2CCC3)[nH]n1. The van der Waals surface area contributed by atoms with Crippen LogP contribution in [0.3, 0.4) is 0 Å². The van der Waals surface area contributed by atoms with E-state index < -0.39 is 0 Å². The van der Waals surface area contributed by atoms with Crippen molar-refractivity contribution in [3.63, 3.8) is 0 Å². The van der Waals surface area contributed by atoms with Gasteiger partial charge in [0, 0.05) is 30.8 Å². The van der Waals surface area contributed by atoms with Crippen molar-refractivity contribution in [1.82, 2.24) is 30.8 Å². The van der Waals surface area contributed by atoms with Crippen molar-refractivity contribution < 1.29 is 4.79 Å². The molecule has 0 bridgehead atoms. The average Bonchev–Trinajstić information content (AvgIpc) is 3.53. The zero-order chi connectivity index (χ0) is 21.4. The molecule has 4 N–H and O–H groups in total. The molecule has 2 aromatic heterocycles. The molecule has 2 atom stereocenters. The molecule has 0 radical (unpaired) electrons. The van der Waals surface area contributed by atoms with Crippen LogP contribution in [0.2, 0.25) is 0 Å². The van der Waals surface area contributed by atoms with Crippen molar-refractivity contribution in [2.24, 2.45) is 0 Å². The van der Waals surface area contributed by atoms with Gasteiger partial charge < -0.3 is 20.9 Å². The second-order valence-electron chi connectivity index (χ2n) is 9.19. The Morgan fingerprint density at radius 3 is 2.90 bits per heavy atom. The number of nitrogens with one attached hydrogen (secondary N) is 4. The summed E-state index contributed by atoms with van der Waals surface area (Å²) in [6.07, 6.45) is 5.82. The van der Waals surface area contributed by atoms with E-state index in [1.165, 1.54) is 5.56 Å². The topological polar surface area (TPSA) is 111 Å². The Labute approximate surface area is 182 Å². The Morgan fingerprint density at radius 1 is 1.23 bits per heavy atom. The number of H-pyrrole nitrogens is 1. The number of carbonyl (C=O) groups excluding carboxylic acids is 1. The molecule has 2 fully saturated rings. The maximum atomic E-state index is 13.0. The van der Waals surface area contributed by atoms with Gasteiger partial charge in [-0.2, -0.15) is 10.1 Å². The van der Waals surface area contributed by atoms with Crippen LogP contribution in [0.1, 0.15) is 62.4 Å². The van der Waals surface area contributed by atoms with Crippen molar-refractivity contribution in [3.05, 3.63) is 23.0 Å². The van der Waals surface area contributed by atoms with Gasteiger partial charge in [0.2, 0.25) is 11.9 Å². The number of amides is 1. The van der Waals surface area contributed by atoms with Crippen molar-refractivity contribution >= 4 is 23.5 Å². The van der Waals surface area contributed by atoms with Crippen LogP contribution in [0.5, 0.6) is 0 Å². The van der Waals surface area contributed by atoms with Gasteiger partial charge in [0.1, 0.15) is 17.7 Å². The molecule has 0 unspecified atom stereocenters. The van der Waals surface area contributed by atoms with Crippen LogP contribution >= 0.6 is 0 Å². The quantitative estimate of drug-likeness (QED) is 0.561. The summed E-state index contributed by atoms with van der Waals surface area (Å²) in [4.78, 5) is 24.9. The van der Waals surface area contributed by atoms with E-state index in [0.717, 1.165) is 81.2 Å². The van der Waals surface area contributed by atoms with E-state index in [4.69, 9.17) is 9.97 Å². The van der Waals surface area contributed by atoms with Gasteiger partial charge >= 0.3 is 0 Å². The lowest BCUT2D eigenvalue weighted by Gasteiger charge is -2.26. The molecule has 0 spiro atoms. The minimum atomic E-state index is -0.201. The molecule has 2 saturated heterocycles. The van der Waals surface area contributed by atoms with E-state index >= 15 is 0 Å². The lowest BCUT2D eigenvalue weighted by atomic mass is 10.1. The van der Waals surface area contributed by atoms with E-state index in [2.05, 4.69) is 44.9 Å². The first-order chi connectivity index (χ1) is 15.1. The predicted molar refractivity (Wildman–Crippen MR) is 120 cm³/mol. The number of aromatic amines is 1. The molecule has 9 heteroatoms. The molecule has 4 heterocycles. The van der Waals surface area contributed by atoms with E-state index in [-0.39, 0.29) is 18.0 Å². The van der Waals surface area contributed by atoms with Gasteiger partial charge in [0.15, 0.2) is 0 Å². The molecule has 2 aliphatic heterocycles. The Bertz CT molecular complexity index is 949. The van der Waals surface area contributed by atoms with Crippen LogP contribution in [-0.4, -0.2) is 57.8 Å². The van der Waals surface area contributed by atoms with E-state index in [0.29, 0.717) is 11.9 Å². The number of hydrogen-bond donors (Lipinski definition) is 4. The fourth-order valence-electron chi connectivity index (χ4n) is 4.83. The summed E-state index contributed by atoms with van der Waals surface area (Å²) in [5.41, 5.74) is 3.30. The molecule has 0 aromatic carbocycles. The molecular formula is C22H32N8O. The van der Waals surface area contributed by atoms with E-state index in [1.54, 1.807) is 0 Å². The Morgan fingerprint density at radius 2 is 2.13 bits per heavy atom. The first kappa shape index (κ1) is 20.2. The van der Waals surface area contributed by atoms with Crippen molar-refractivity contribution in [2.75, 3.05) is 29.9 Å². The van der Waals surface area contributed by atoms with E-state index in [9.17, 15) is 4.79 Å². The highest BCUT2D eigenvalue weighted by Crippen LogP contribution is 2.32. The minimum Gasteiger partial charge on any atom is -0.350 e. The lowest BCUT2D eigenvalue weighted by Crippen LogP contribution is -2.48. The number of hydrogen-bond acceptors (Lipinski definition) is 7. The maximum Gasteiger partial charge on any atom is 0.243 e. The van der Waals surface area contributed by atoms with Gasteiger partial charge in [0.25, 0.3) is 0 Å². The maximum absolute atomic E-state index is 13.0. The van der Waals surface area contributed by atoms with E-state index in [1.807, 2.05) is 6.07 Å². The summed E-state index contributed by atoms with van der Waals surface area (Å²) < 4.78 is 0. The highest BCUT2D eigenvalue weighted by atomic mass is 16.2. The molecule has 5 rings (SSSR count). The van der Waals surface area contributed by atoms with Crippen LogP contribution in [0.4, 0.5) is 17.6 Å². The number of anilines is 3. The predicted octanol–water partition coefficient (Wildman–Crippen LogP) is 2.00. The van der Waals surface area contributed by atoms with Gasteiger partial charge in [-0.1, -0.05) is 13.8 Å². The number of rotatable bonds is 6. The van der Waals surface area contributed by atoms with Crippen LogP contribution in [-0.2, 0) is 17.6 Å². The average molecular weight is 425 g/mol. The zero-order valence-electron chi connectivity index (χ0n) is 18.4. The van der Waals surface area contributed by atoms with Crippen LogP contribution in [0.25, 0.3) is 0 Å². The summed E-state index contributed by atoms with van der Waals surface area (Å²) in [6, 6.07) is 2.06. The molecule has 1 amide bonds. The summed E-state index contributed by atoms with van der Waals surface area (Å²) in [7, 11) is 0. The number of aromatic nitrogens is 4. The van der Waals surface area contributed by atoms with Crippen molar-refractivity contribution in [2.45, 2.75) is 70.4 Å². The molecule has 31 heavy (non-hydrogen) atoms. The molecule has 166 valence electrons. The summed E-state index contributed by atoms with van der Waals surface area (Å²) in [5.74, 6) is 2.79. The third-order valence-corrected chi connectivity index (χ3v) is 6.58. The fourth-order valence-corrected chi connectivity index (χ4v) is 4.83. The Balaban J connectivity index is 1.39. The highest BCUT2D eigenvalue weighted by molar-refractivity contribution is 5.85. The van der Waals surface area contributed by atoms with Crippen LogP contribution < -0.4 is 20.9 Å². The first-order valence-electron chi connectivity index (χ1n) is 11.6. The van der Waals surface area contributed by atoms with Gasteiger partial charge in [-0.05, 0) is 51.0 Å². The number of fused-ring (bicyclic) bond motifs is 1. The highest BCUT2D eigenvalue weighted by Gasteiger charge is 2.35. The molecule has 3 aliphatic rings. The van der Waals surface area contributed by atoms with Gasteiger partial charge in [-0.3, -0.25) is 9.89 Å². The largest absolute Gasteiger partial charge is 0.350 e. The smallest absolute Gasteiger partial charge is 0.243 e. The Hall–Kier alpha value is -2.68. The second-order valence-corrected chi connectivity index (χ2v) is 9.19. The van der Waals surface area contributed by atoms with Gasteiger partial charge in [0.05, 0.1) is 11.4 Å². The zero-order valence-corrected chi connectivity index (χ0v) is 18.4. The number of nitrogens with zero attached hydrogens (tertiary/aromatic N) is 4. The standard InChI is InChI=1S/C22H32N8O/c1-13(2)17-11-19(29-28-17)26-20-15-5-3-6-16(15)25-22(27-20)30-10-4-7-18(30)21(31)24-14-8-9-23-12-14/h11,13-14,18,23H,3-10,12H2,1-2H3,(H,24,31)(H2,25,26,27,28,29)/t14-,18+/m0/s1. The monoisotopic (exact) mass is 424 g/mol. The third-order valence-electron chi connectivity index (χ3n) is 6.58. The number of carbonyl (C=O) groups is 1.